The number of rotatable bonds is 6. The molecule has 2 atom stereocenters. The molecular formula is C22H34N2O4S2. The molecule has 0 spiro atoms. The zero-order valence-electron chi connectivity index (χ0n) is 18.6. The summed E-state index contributed by atoms with van der Waals surface area (Å²) in [5.74, 6) is -0.00893. The van der Waals surface area contributed by atoms with Crippen molar-refractivity contribution in [1.29, 1.82) is 0 Å². The number of nitrogens with two attached hydrogens (primary N) is 2. The first kappa shape index (κ1) is 26.3. The smallest absolute Gasteiger partial charge is 0.149 e. The zero-order chi connectivity index (χ0) is 23.3. The minimum atomic E-state index is -3.02. The van der Waals surface area contributed by atoms with Crippen LogP contribution in [0.5, 0.6) is 0 Å². The SMILES string of the molecule is Cc1ccc(C(N)CS(C)(=O)=O)cc1C.Cc1ccc([C@H](N)CS(C)(=O)=O)cc1C. The largest absolute Gasteiger partial charge is 0.323 e. The molecule has 168 valence electrons. The molecule has 0 fully saturated rings. The van der Waals surface area contributed by atoms with Gasteiger partial charge in [-0.05, 0) is 61.1 Å². The molecule has 0 bridgehead atoms. The van der Waals surface area contributed by atoms with E-state index in [2.05, 4.69) is 0 Å². The fourth-order valence-corrected chi connectivity index (χ4v) is 4.52. The van der Waals surface area contributed by atoms with E-state index >= 15 is 0 Å². The molecule has 0 aliphatic heterocycles. The number of hydrogen-bond acceptors (Lipinski definition) is 6. The summed E-state index contributed by atoms with van der Waals surface area (Å²) in [4.78, 5) is 0. The molecule has 8 heteroatoms. The van der Waals surface area contributed by atoms with E-state index in [0.717, 1.165) is 22.3 Å². The molecule has 2 rings (SSSR count). The monoisotopic (exact) mass is 454 g/mol. The van der Waals surface area contributed by atoms with E-state index in [9.17, 15) is 16.8 Å². The van der Waals surface area contributed by atoms with Crippen molar-refractivity contribution in [3.8, 4) is 0 Å². The van der Waals surface area contributed by atoms with Gasteiger partial charge in [0.15, 0.2) is 0 Å². The molecule has 0 aliphatic rings. The average molecular weight is 455 g/mol. The third-order valence-corrected chi connectivity index (χ3v) is 6.81. The van der Waals surface area contributed by atoms with Crippen molar-refractivity contribution < 1.29 is 16.8 Å². The standard InChI is InChI=1S/2C11H17NO2S/c2*1-8-4-5-10(6-9(8)2)11(12)7-15(3,13)14/h2*4-6,11H,7,12H2,1-3H3/t11-;/m1./s1. The summed E-state index contributed by atoms with van der Waals surface area (Å²) in [6.45, 7) is 8.01. The Hall–Kier alpha value is -1.74. The van der Waals surface area contributed by atoms with E-state index < -0.39 is 31.8 Å². The van der Waals surface area contributed by atoms with Crippen molar-refractivity contribution in [2.75, 3.05) is 24.0 Å². The zero-order valence-corrected chi connectivity index (χ0v) is 20.3. The Kier molecular flexibility index (Phi) is 9.23. The van der Waals surface area contributed by atoms with E-state index in [1.54, 1.807) is 0 Å². The third kappa shape index (κ3) is 9.38. The second kappa shape index (κ2) is 10.5. The first-order valence-electron chi connectivity index (χ1n) is 9.60. The molecule has 0 amide bonds. The van der Waals surface area contributed by atoms with Crippen molar-refractivity contribution in [1.82, 2.24) is 0 Å². The lowest BCUT2D eigenvalue weighted by atomic mass is 10.0. The van der Waals surface area contributed by atoms with E-state index in [4.69, 9.17) is 11.5 Å². The fraction of sp³-hybridized carbons (Fsp3) is 0.455. The van der Waals surface area contributed by atoms with Crippen molar-refractivity contribution in [3.63, 3.8) is 0 Å². The molecule has 30 heavy (non-hydrogen) atoms. The Balaban J connectivity index is 0.000000300. The summed E-state index contributed by atoms with van der Waals surface area (Å²) < 4.78 is 44.3. The van der Waals surface area contributed by atoms with Gasteiger partial charge in [0, 0.05) is 24.6 Å². The first-order chi connectivity index (χ1) is 13.6. The van der Waals surface area contributed by atoms with Crippen molar-refractivity contribution in [2.24, 2.45) is 11.5 Å². The van der Waals surface area contributed by atoms with E-state index in [0.29, 0.717) is 0 Å². The lowest BCUT2D eigenvalue weighted by Crippen LogP contribution is -2.20. The molecule has 0 heterocycles. The number of aryl methyl sites for hydroxylation is 4. The lowest BCUT2D eigenvalue weighted by molar-refractivity contribution is 0.593. The van der Waals surface area contributed by atoms with Gasteiger partial charge in [0.1, 0.15) is 19.7 Å². The van der Waals surface area contributed by atoms with Crippen LogP contribution in [-0.2, 0) is 19.7 Å². The minimum absolute atomic E-state index is 0.00446. The van der Waals surface area contributed by atoms with E-state index in [-0.39, 0.29) is 11.5 Å². The lowest BCUT2D eigenvalue weighted by Gasteiger charge is -2.12. The Morgan fingerprint density at radius 1 is 0.633 bits per heavy atom. The van der Waals surface area contributed by atoms with Crippen LogP contribution < -0.4 is 11.5 Å². The van der Waals surface area contributed by atoms with Crippen molar-refractivity contribution >= 4 is 19.7 Å². The predicted molar refractivity (Wildman–Crippen MR) is 125 cm³/mol. The third-order valence-electron chi connectivity index (χ3n) is 4.88. The number of benzene rings is 2. The molecule has 2 aromatic carbocycles. The predicted octanol–water partition coefficient (Wildman–Crippen LogP) is 2.70. The highest BCUT2D eigenvalue weighted by molar-refractivity contribution is 7.90. The second-order valence-corrected chi connectivity index (χ2v) is 12.5. The van der Waals surface area contributed by atoms with Crippen molar-refractivity contribution in [3.05, 3.63) is 69.8 Å². The van der Waals surface area contributed by atoms with Crippen molar-refractivity contribution in [2.45, 2.75) is 39.8 Å². The first-order valence-corrected chi connectivity index (χ1v) is 13.7. The summed E-state index contributed by atoms with van der Waals surface area (Å²) in [6, 6.07) is 10.7. The Bertz CT molecular complexity index is 991. The van der Waals surface area contributed by atoms with Gasteiger partial charge in [-0.3, -0.25) is 0 Å². The average Bonchev–Trinajstić information content (AvgIpc) is 2.57. The maximum absolute atomic E-state index is 11.1. The Morgan fingerprint density at radius 3 is 1.17 bits per heavy atom. The molecule has 6 nitrogen and oxygen atoms in total. The van der Waals surface area contributed by atoms with Crippen LogP contribution in [0.3, 0.4) is 0 Å². The summed E-state index contributed by atoms with van der Waals surface area (Å²) in [6.07, 6.45) is 2.40. The number of sulfone groups is 2. The molecule has 0 saturated carbocycles. The van der Waals surface area contributed by atoms with Crippen LogP contribution in [0, 0.1) is 27.7 Å². The second-order valence-electron chi connectivity index (χ2n) is 8.09. The summed E-state index contributed by atoms with van der Waals surface area (Å²) in [5, 5.41) is 0. The highest BCUT2D eigenvalue weighted by Crippen LogP contribution is 2.17. The fourth-order valence-electron chi connectivity index (χ4n) is 2.84. The molecule has 1 unspecified atom stereocenters. The van der Waals surface area contributed by atoms with E-state index in [1.807, 2.05) is 64.1 Å². The van der Waals surface area contributed by atoms with Gasteiger partial charge in [-0.25, -0.2) is 16.8 Å². The van der Waals surface area contributed by atoms with Gasteiger partial charge in [0.05, 0.1) is 11.5 Å². The van der Waals surface area contributed by atoms with Crippen LogP contribution in [-0.4, -0.2) is 40.9 Å². The summed E-state index contributed by atoms with van der Waals surface area (Å²) >= 11 is 0. The van der Waals surface area contributed by atoms with Gasteiger partial charge in [-0.2, -0.15) is 0 Å². The van der Waals surface area contributed by atoms with Gasteiger partial charge in [0.25, 0.3) is 0 Å². The van der Waals surface area contributed by atoms with Gasteiger partial charge < -0.3 is 11.5 Å². The Labute approximate surface area is 181 Å². The maximum atomic E-state index is 11.1. The number of hydrogen-bond donors (Lipinski definition) is 2. The van der Waals surface area contributed by atoms with Crippen LogP contribution in [0.4, 0.5) is 0 Å². The molecular weight excluding hydrogens is 420 g/mol. The molecule has 4 N–H and O–H groups in total. The van der Waals surface area contributed by atoms with Crippen LogP contribution in [0.15, 0.2) is 36.4 Å². The molecule has 0 saturated heterocycles. The van der Waals surface area contributed by atoms with Crippen LogP contribution >= 0.6 is 0 Å². The summed E-state index contributed by atoms with van der Waals surface area (Å²) in [5.41, 5.74) is 18.0. The highest BCUT2D eigenvalue weighted by Gasteiger charge is 2.14. The van der Waals surface area contributed by atoms with Crippen LogP contribution in [0.1, 0.15) is 45.5 Å². The van der Waals surface area contributed by atoms with Gasteiger partial charge >= 0.3 is 0 Å². The van der Waals surface area contributed by atoms with E-state index in [1.165, 1.54) is 23.6 Å². The Morgan fingerprint density at radius 2 is 0.933 bits per heavy atom. The maximum Gasteiger partial charge on any atom is 0.149 e. The summed E-state index contributed by atoms with van der Waals surface area (Å²) in [7, 11) is -6.04. The van der Waals surface area contributed by atoms with Crippen LogP contribution in [0.2, 0.25) is 0 Å². The quantitative estimate of drug-likeness (QED) is 0.692. The molecule has 2 aromatic rings. The normalized spacial score (nSPS) is 13.9. The minimum Gasteiger partial charge on any atom is -0.323 e. The van der Waals surface area contributed by atoms with Gasteiger partial charge in [0.2, 0.25) is 0 Å². The van der Waals surface area contributed by atoms with Crippen LogP contribution in [0.25, 0.3) is 0 Å². The topological polar surface area (TPSA) is 120 Å². The molecule has 0 radical (unpaired) electrons. The van der Waals surface area contributed by atoms with Gasteiger partial charge in [-0.15, -0.1) is 0 Å². The highest BCUT2D eigenvalue weighted by atomic mass is 32.2. The molecule has 0 aromatic heterocycles. The molecule has 0 aliphatic carbocycles. The van der Waals surface area contributed by atoms with Gasteiger partial charge in [-0.1, -0.05) is 36.4 Å².